The minimum Gasteiger partial charge on any atom is -0.310 e. The fourth-order valence-electron chi connectivity index (χ4n) is 2.72. The number of aromatic nitrogens is 3. The maximum atomic E-state index is 6.38. The van der Waals surface area contributed by atoms with Gasteiger partial charge in [0.05, 0.1) is 5.69 Å². The number of nitrogens with zero attached hydrogens (tertiary/aromatic N) is 3. The van der Waals surface area contributed by atoms with Crippen LogP contribution in [0.5, 0.6) is 0 Å². The standard InChI is InChI=1S/C16H23ClN4/c1-5-12-10-18-8-7-13(12)15(19-6-2)9-14-11(3)20-21(4)16(14)17/h7-8,10,15,19H,5-6,9H2,1-4H3. The number of hydrogen-bond acceptors (Lipinski definition) is 3. The van der Waals surface area contributed by atoms with Gasteiger partial charge in [0.2, 0.25) is 0 Å². The third kappa shape index (κ3) is 3.44. The third-order valence-electron chi connectivity index (χ3n) is 3.83. The Labute approximate surface area is 131 Å². The van der Waals surface area contributed by atoms with Gasteiger partial charge in [-0.15, -0.1) is 0 Å². The summed E-state index contributed by atoms with van der Waals surface area (Å²) in [6.45, 7) is 7.20. The quantitative estimate of drug-likeness (QED) is 0.891. The van der Waals surface area contributed by atoms with Crippen molar-refractivity contribution in [3.8, 4) is 0 Å². The third-order valence-corrected chi connectivity index (χ3v) is 4.30. The van der Waals surface area contributed by atoms with E-state index in [2.05, 4.69) is 35.3 Å². The van der Waals surface area contributed by atoms with Crippen molar-refractivity contribution in [2.45, 2.75) is 39.7 Å². The van der Waals surface area contributed by atoms with E-state index in [1.54, 1.807) is 4.68 Å². The first-order valence-electron chi connectivity index (χ1n) is 7.42. The van der Waals surface area contributed by atoms with Crippen LogP contribution in [-0.4, -0.2) is 21.3 Å². The monoisotopic (exact) mass is 306 g/mol. The highest BCUT2D eigenvalue weighted by Gasteiger charge is 2.19. The first-order chi connectivity index (χ1) is 10.1. The van der Waals surface area contributed by atoms with E-state index < -0.39 is 0 Å². The smallest absolute Gasteiger partial charge is 0.130 e. The SMILES string of the molecule is CCNC(Cc1c(C)nn(C)c1Cl)c1ccncc1CC. The molecule has 4 nitrogen and oxygen atoms in total. The molecule has 0 bridgehead atoms. The number of pyridine rings is 1. The molecular formula is C16H23ClN4. The Morgan fingerprint density at radius 1 is 1.38 bits per heavy atom. The average molecular weight is 307 g/mol. The molecule has 1 atom stereocenters. The van der Waals surface area contributed by atoms with Crippen molar-refractivity contribution in [2.24, 2.45) is 7.05 Å². The van der Waals surface area contributed by atoms with Crippen molar-refractivity contribution in [3.05, 3.63) is 46.0 Å². The van der Waals surface area contributed by atoms with Gasteiger partial charge in [-0.25, -0.2) is 0 Å². The second-order valence-corrected chi connectivity index (χ2v) is 5.58. The van der Waals surface area contributed by atoms with Gasteiger partial charge in [-0.2, -0.15) is 5.10 Å². The van der Waals surface area contributed by atoms with E-state index in [1.807, 2.05) is 26.4 Å². The van der Waals surface area contributed by atoms with Gasteiger partial charge in [-0.3, -0.25) is 9.67 Å². The van der Waals surface area contributed by atoms with Gasteiger partial charge in [-0.1, -0.05) is 25.4 Å². The van der Waals surface area contributed by atoms with Crippen molar-refractivity contribution < 1.29 is 0 Å². The molecule has 5 heteroatoms. The van der Waals surface area contributed by atoms with Gasteiger partial charge in [0, 0.05) is 31.0 Å². The molecule has 2 aromatic heterocycles. The van der Waals surface area contributed by atoms with E-state index in [9.17, 15) is 0 Å². The highest BCUT2D eigenvalue weighted by atomic mass is 35.5. The lowest BCUT2D eigenvalue weighted by Gasteiger charge is -2.21. The van der Waals surface area contributed by atoms with E-state index in [0.717, 1.165) is 35.8 Å². The minimum atomic E-state index is 0.230. The zero-order chi connectivity index (χ0) is 15.4. The van der Waals surface area contributed by atoms with Crippen LogP contribution in [0.3, 0.4) is 0 Å². The molecule has 1 unspecified atom stereocenters. The van der Waals surface area contributed by atoms with E-state index >= 15 is 0 Å². The number of aryl methyl sites for hydroxylation is 3. The fourth-order valence-corrected chi connectivity index (χ4v) is 2.97. The summed E-state index contributed by atoms with van der Waals surface area (Å²) in [5.41, 5.74) is 4.69. The Morgan fingerprint density at radius 3 is 2.71 bits per heavy atom. The van der Waals surface area contributed by atoms with Gasteiger partial charge < -0.3 is 5.32 Å². The molecular weight excluding hydrogens is 284 g/mol. The Balaban J connectivity index is 2.35. The molecule has 0 aliphatic rings. The van der Waals surface area contributed by atoms with Crippen LogP contribution in [0.25, 0.3) is 0 Å². The summed E-state index contributed by atoms with van der Waals surface area (Å²) in [6.07, 6.45) is 5.63. The number of nitrogens with one attached hydrogen (secondary N) is 1. The predicted molar refractivity (Wildman–Crippen MR) is 86.7 cm³/mol. The molecule has 0 amide bonds. The van der Waals surface area contributed by atoms with Crippen LogP contribution in [0, 0.1) is 6.92 Å². The molecule has 0 fully saturated rings. The molecule has 21 heavy (non-hydrogen) atoms. The lowest BCUT2D eigenvalue weighted by atomic mass is 9.95. The topological polar surface area (TPSA) is 42.7 Å². The summed E-state index contributed by atoms with van der Waals surface area (Å²) >= 11 is 6.38. The summed E-state index contributed by atoms with van der Waals surface area (Å²) in [4.78, 5) is 4.23. The first kappa shape index (κ1) is 16.0. The van der Waals surface area contributed by atoms with Crippen LogP contribution >= 0.6 is 11.6 Å². The van der Waals surface area contributed by atoms with Gasteiger partial charge in [0.25, 0.3) is 0 Å². The zero-order valence-electron chi connectivity index (χ0n) is 13.2. The van der Waals surface area contributed by atoms with Gasteiger partial charge >= 0.3 is 0 Å². The molecule has 2 heterocycles. The van der Waals surface area contributed by atoms with Gasteiger partial charge in [0.1, 0.15) is 5.15 Å². The zero-order valence-corrected chi connectivity index (χ0v) is 13.9. The summed E-state index contributed by atoms with van der Waals surface area (Å²) in [6, 6.07) is 2.33. The summed E-state index contributed by atoms with van der Waals surface area (Å²) in [5, 5.41) is 8.69. The normalized spacial score (nSPS) is 12.6. The molecule has 1 N–H and O–H groups in total. The number of halogens is 1. The Kier molecular flexibility index (Phi) is 5.37. The largest absolute Gasteiger partial charge is 0.310 e. The van der Waals surface area contributed by atoms with Crippen molar-refractivity contribution in [2.75, 3.05) is 6.54 Å². The van der Waals surface area contributed by atoms with Crippen LogP contribution in [0.2, 0.25) is 5.15 Å². The highest BCUT2D eigenvalue weighted by molar-refractivity contribution is 6.30. The van der Waals surface area contributed by atoms with Crippen molar-refractivity contribution in [1.82, 2.24) is 20.1 Å². The lowest BCUT2D eigenvalue weighted by Crippen LogP contribution is -2.24. The van der Waals surface area contributed by atoms with Crippen LogP contribution in [0.15, 0.2) is 18.5 Å². The lowest BCUT2D eigenvalue weighted by molar-refractivity contribution is 0.544. The van der Waals surface area contributed by atoms with E-state index in [-0.39, 0.29) is 6.04 Å². The molecule has 114 valence electrons. The second-order valence-electron chi connectivity index (χ2n) is 5.22. The Bertz CT molecular complexity index is 606. The van der Waals surface area contributed by atoms with Crippen LogP contribution in [0.1, 0.15) is 42.3 Å². The van der Waals surface area contributed by atoms with Crippen molar-refractivity contribution in [1.29, 1.82) is 0 Å². The van der Waals surface area contributed by atoms with Gasteiger partial charge in [0.15, 0.2) is 0 Å². The van der Waals surface area contributed by atoms with Crippen molar-refractivity contribution in [3.63, 3.8) is 0 Å². The minimum absolute atomic E-state index is 0.230. The molecule has 0 spiro atoms. The second kappa shape index (κ2) is 7.05. The molecule has 2 rings (SSSR count). The predicted octanol–water partition coefficient (Wildman–Crippen LogP) is 3.23. The van der Waals surface area contributed by atoms with E-state index in [0.29, 0.717) is 0 Å². The molecule has 0 radical (unpaired) electrons. The molecule has 0 aromatic carbocycles. The number of rotatable bonds is 6. The number of hydrogen-bond donors (Lipinski definition) is 1. The molecule has 0 aliphatic carbocycles. The maximum Gasteiger partial charge on any atom is 0.130 e. The molecule has 0 saturated carbocycles. The first-order valence-corrected chi connectivity index (χ1v) is 7.80. The maximum absolute atomic E-state index is 6.38. The van der Waals surface area contributed by atoms with Gasteiger partial charge in [-0.05, 0) is 43.5 Å². The Morgan fingerprint density at radius 2 is 2.14 bits per heavy atom. The van der Waals surface area contributed by atoms with Crippen LogP contribution < -0.4 is 5.32 Å². The van der Waals surface area contributed by atoms with Crippen molar-refractivity contribution >= 4 is 11.6 Å². The number of likely N-dealkylation sites (N-methyl/N-ethyl adjacent to an activating group) is 1. The van der Waals surface area contributed by atoms with E-state index in [4.69, 9.17) is 11.6 Å². The molecule has 0 saturated heterocycles. The van der Waals surface area contributed by atoms with Crippen LogP contribution in [-0.2, 0) is 19.9 Å². The fraction of sp³-hybridized carbons (Fsp3) is 0.500. The summed E-state index contributed by atoms with van der Waals surface area (Å²) in [7, 11) is 1.88. The molecule has 2 aromatic rings. The highest BCUT2D eigenvalue weighted by Crippen LogP contribution is 2.27. The summed E-state index contributed by atoms with van der Waals surface area (Å²) in [5.74, 6) is 0. The summed E-state index contributed by atoms with van der Waals surface area (Å²) < 4.78 is 1.74. The van der Waals surface area contributed by atoms with Crippen LogP contribution in [0.4, 0.5) is 0 Å². The van der Waals surface area contributed by atoms with E-state index in [1.165, 1.54) is 11.1 Å². The molecule has 0 aliphatic heterocycles. The Hall–Kier alpha value is -1.39. The average Bonchev–Trinajstić information content (AvgIpc) is 2.73.